The molecule has 110 valence electrons. The summed E-state index contributed by atoms with van der Waals surface area (Å²) in [6.45, 7) is 7.38. The minimum atomic E-state index is -0.192. The number of halogens is 1. The molecule has 4 nitrogen and oxygen atoms in total. The number of esters is 1. The monoisotopic (exact) mass is 280 g/mol. The number of hydrogen-bond acceptors (Lipinski definition) is 4. The van der Waals surface area contributed by atoms with Crippen molar-refractivity contribution in [2.24, 2.45) is 0 Å². The summed E-state index contributed by atoms with van der Waals surface area (Å²) in [7, 11) is 0. The van der Waals surface area contributed by atoms with Crippen LogP contribution in [0.1, 0.15) is 12.5 Å². The van der Waals surface area contributed by atoms with Gasteiger partial charge in [0.05, 0.1) is 18.8 Å². The summed E-state index contributed by atoms with van der Waals surface area (Å²) in [5.41, 5.74) is 1.63. The van der Waals surface area contributed by atoms with Crippen LogP contribution in [-0.4, -0.2) is 50.2 Å². The Morgan fingerprint density at radius 1 is 1.30 bits per heavy atom. The Hall–Kier alpha value is -1.62. The second kappa shape index (κ2) is 6.70. The smallest absolute Gasteiger partial charge is 0.320 e. The fourth-order valence-electron chi connectivity index (χ4n) is 2.54. The Balaban J connectivity index is 1.93. The molecule has 0 radical (unpaired) electrons. The highest BCUT2D eigenvalue weighted by Gasteiger charge is 2.22. The number of hydrogen-bond donors (Lipinski definition) is 0. The van der Waals surface area contributed by atoms with Gasteiger partial charge in [0.1, 0.15) is 5.82 Å². The van der Waals surface area contributed by atoms with Crippen molar-refractivity contribution in [3.05, 3.63) is 29.6 Å². The quantitative estimate of drug-likeness (QED) is 0.788. The fourth-order valence-corrected chi connectivity index (χ4v) is 2.54. The number of para-hydroxylation sites is 1. The zero-order valence-corrected chi connectivity index (χ0v) is 12.1. The molecule has 1 heterocycles. The van der Waals surface area contributed by atoms with E-state index in [0.717, 1.165) is 31.7 Å². The predicted molar refractivity (Wildman–Crippen MR) is 76.4 cm³/mol. The van der Waals surface area contributed by atoms with Crippen molar-refractivity contribution >= 4 is 11.7 Å². The molecule has 1 saturated heterocycles. The van der Waals surface area contributed by atoms with Crippen molar-refractivity contribution in [1.82, 2.24) is 4.90 Å². The van der Waals surface area contributed by atoms with Gasteiger partial charge < -0.3 is 9.64 Å². The summed E-state index contributed by atoms with van der Waals surface area (Å²) in [6, 6.07) is 5.14. The summed E-state index contributed by atoms with van der Waals surface area (Å²) in [5.74, 6) is -0.369. The van der Waals surface area contributed by atoms with E-state index in [1.165, 1.54) is 6.07 Å². The number of anilines is 1. The van der Waals surface area contributed by atoms with E-state index >= 15 is 0 Å². The number of ether oxygens (including phenoxy) is 1. The fraction of sp³-hybridized carbons (Fsp3) is 0.533. The third-order valence-corrected chi connectivity index (χ3v) is 3.54. The van der Waals surface area contributed by atoms with Gasteiger partial charge in [-0.15, -0.1) is 0 Å². The Labute approximate surface area is 119 Å². The maximum Gasteiger partial charge on any atom is 0.320 e. The minimum Gasteiger partial charge on any atom is -0.465 e. The topological polar surface area (TPSA) is 32.8 Å². The molecule has 1 aromatic rings. The van der Waals surface area contributed by atoms with Gasteiger partial charge in [0.15, 0.2) is 0 Å². The molecule has 0 atom stereocenters. The first kappa shape index (κ1) is 14.8. The van der Waals surface area contributed by atoms with Gasteiger partial charge in [-0.25, -0.2) is 4.39 Å². The van der Waals surface area contributed by atoms with Crippen molar-refractivity contribution < 1.29 is 13.9 Å². The lowest BCUT2D eigenvalue weighted by atomic mass is 10.1. The van der Waals surface area contributed by atoms with Crippen LogP contribution in [0.2, 0.25) is 0 Å². The van der Waals surface area contributed by atoms with E-state index in [9.17, 15) is 9.18 Å². The third-order valence-electron chi connectivity index (χ3n) is 3.54. The number of aryl methyl sites for hydroxylation is 1. The van der Waals surface area contributed by atoms with Gasteiger partial charge in [0.2, 0.25) is 0 Å². The molecule has 20 heavy (non-hydrogen) atoms. The number of piperazine rings is 1. The van der Waals surface area contributed by atoms with Crippen LogP contribution in [0.25, 0.3) is 0 Å². The summed E-state index contributed by atoms with van der Waals surface area (Å²) in [6.07, 6.45) is 0. The molecule has 1 aliphatic rings. The van der Waals surface area contributed by atoms with Gasteiger partial charge in [-0.3, -0.25) is 9.69 Å². The second-order valence-corrected chi connectivity index (χ2v) is 4.97. The van der Waals surface area contributed by atoms with Crippen molar-refractivity contribution in [1.29, 1.82) is 0 Å². The van der Waals surface area contributed by atoms with E-state index in [1.807, 2.05) is 22.8 Å². The Bertz CT molecular complexity index is 451. The molecule has 0 aromatic heterocycles. The van der Waals surface area contributed by atoms with E-state index in [2.05, 4.69) is 0 Å². The normalized spacial score (nSPS) is 16.2. The SMILES string of the molecule is CCOC(=O)CN1CCN(c2c(C)cccc2F)CC1. The number of carbonyl (C=O) groups is 1. The highest BCUT2D eigenvalue weighted by molar-refractivity contribution is 5.71. The zero-order chi connectivity index (χ0) is 14.5. The van der Waals surface area contributed by atoms with Gasteiger partial charge in [-0.2, -0.15) is 0 Å². The first-order valence-corrected chi connectivity index (χ1v) is 7.00. The largest absolute Gasteiger partial charge is 0.465 e. The third kappa shape index (κ3) is 3.48. The van der Waals surface area contributed by atoms with E-state index in [-0.39, 0.29) is 11.8 Å². The lowest BCUT2D eigenvalue weighted by Crippen LogP contribution is -2.48. The van der Waals surface area contributed by atoms with Crippen LogP contribution in [0.4, 0.5) is 10.1 Å². The van der Waals surface area contributed by atoms with E-state index in [4.69, 9.17) is 4.74 Å². The van der Waals surface area contributed by atoms with E-state index in [0.29, 0.717) is 18.8 Å². The molecule has 0 N–H and O–H groups in total. The van der Waals surface area contributed by atoms with E-state index < -0.39 is 0 Å². The van der Waals surface area contributed by atoms with Crippen molar-refractivity contribution in [2.45, 2.75) is 13.8 Å². The molecule has 5 heteroatoms. The molecule has 0 saturated carbocycles. The molecule has 2 rings (SSSR count). The minimum absolute atomic E-state index is 0.177. The molecule has 0 amide bonds. The van der Waals surface area contributed by atoms with Crippen LogP contribution in [0.15, 0.2) is 18.2 Å². The summed E-state index contributed by atoms with van der Waals surface area (Å²) >= 11 is 0. The first-order chi connectivity index (χ1) is 9.61. The molecule has 1 aliphatic heterocycles. The Kier molecular flexibility index (Phi) is 4.95. The molecule has 0 unspecified atom stereocenters. The molecule has 1 aromatic carbocycles. The average Bonchev–Trinajstić information content (AvgIpc) is 2.40. The summed E-state index contributed by atoms with van der Waals surface area (Å²) in [5, 5.41) is 0. The molecule has 1 fully saturated rings. The number of rotatable bonds is 4. The van der Waals surface area contributed by atoms with Crippen LogP contribution < -0.4 is 4.90 Å². The highest BCUT2D eigenvalue weighted by atomic mass is 19.1. The zero-order valence-electron chi connectivity index (χ0n) is 12.1. The Morgan fingerprint density at radius 2 is 2.00 bits per heavy atom. The lowest BCUT2D eigenvalue weighted by molar-refractivity contribution is -0.144. The van der Waals surface area contributed by atoms with Crippen LogP contribution >= 0.6 is 0 Å². The lowest BCUT2D eigenvalue weighted by Gasteiger charge is -2.36. The molecular formula is C15H21FN2O2. The van der Waals surface area contributed by atoms with Gasteiger partial charge in [0, 0.05) is 26.2 Å². The standard InChI is InChI=1S/C15H21FN2O2/c1-3-20-14(19)11-17-7-9-18(10-8-17)15-12(2)5-4-6-13(15)16/h4-6H,3,7-11H2,1-2H3. The maximum absolute atomic E-state index is 13.9. The van der Waals surface area contributed by atoms with Crippen molar-refractivity contribution in [3.8, 4) is 0 Å². The highest BCUT2D eigenvalue weighted by Crippen LogP contribution is 2.24. The Morgan fingerprint density at radius 3 is 2.60 bits per heavy atom. The van der Waals surface area contributed by atoms with Crippen LogP contribution in [0, 0.1) is 12.7 Å². The van der Waals surface area contributed by atoms with E-state index in [1.54, 1.807) is 13.0 Å². The summed E-state index contributed by atoms with van der Waals surface area (Å²) < 4.78 is 18.9. The first-order valence-electron chi connectivity index (χ1n) is 7.00. The second-order valence-electron chi connectivity index (χ2n) is 4.97. The number of carbonyl (C=O) groups excluding carboxylic acids is 1. The van der Waals surface area contributed by atoms with Crippen LogP contribution in [0.3, 0.4) is 0 Å². The number of benzene rings is 1. The van der Waals surface area contributed by atoms with Crippen LogP contribution in [0.5, 0.6) is 0 Å². The van der Waals surface area contributed by atoms with Gasteiger partial charge in [-0.05, 0) is 25.5 Å². The predicted octanol–water partition coefficient (Wildman–Crippen LogP) is 1.82. The maximum atomic E-state index is 13.9. The summed E-state index contributed by atoms with van der Waals surface area (Å²) in [4.78, 5) is 15.5. The van der Waals surface area contributed by atoms with Crippen LogP contribution in [-0.2, 0) is 9.53 Å². The molecule has 0 spiro atoms. The van der Waals surface area contributed by atoms with Gasteiger partial charge in [-0.1, -0.05) is 12.1 Å². The molecule has 0 bridgehead atoms. The number of nitrogens with zero attached hydrogens (tertiary/aromatic N) is 2. The van der Waals surface area contributed by atoms with Gasteiger partial charge in [0.25, 0.3) is 0 Å². The molecule has 0 aliphatic carbocycles. The van der Waals surface area contributed by atoms with Crippen molar-refractivity contribution in [2.75, 3.05) is 44.2 Å². The van der Waals surface area contributed by atoms with Gasteiger partial charge >= 0.3 is 5.97 Å². The molecular weight excluding hydrogens is 259 g/mol. The average molecular weight is 280 g/mol. The van der Waals surface area contributed by atoms with Crippen molar-refractivity contribution in [3.63, 3.8) is 0 Å².